The molecule has 146 valence electrons. The number of hydrazone groups is 2. The van der Waals surface area contributed by atoms with E-state index in [9.17, 15) is 0 Å². The maximum absolute atomic E-state index is 5.38. The highest BCUT2D eigenvalue weighted by Gasteiger charge is 2.10. The van der Waals surface area contributed by atoms with Crippen molar-refractivity contribution in [1.82, 2.24) is 16.2 Å². The normalized spacial score (nSPS) is 15.1. The predicted molar refractivity (Wildman–Crippen MR) is 120 cm³/mol. The Bertz CT molecular complexity index is 712. The van der Waals surface area contributed by atoms with Crippen LogP contribution in [0.15, 0.2) is 34.5 Å². The summed E-state index contributed by atoms with van der Waals surface area (Å²) in [6.07, 6.45) is 0. The first-order valence-electron chi connectivity index (χ1n) is 8.56. The Balaban J connectivity index is 1.84. The molecule has 0 atom stereocenters. The van der Waals surface area contributed by atoms with Gasteiger partial charge in [0, 0.05) is 31.5 Å². The van der Waals surface area contributed by atoms with E-state index in [-0.39, 0.29) is 0 Å². The maximum atomic E-state index is 5.38. The molecule has 0 amide bonds. The second-order valence-corrected chi connectivity index (χ2v) is 6.61. The van der Waals surface area contributed by atoms with E-state index in [4.69, 9.17) is 29.2 Å². The number of nitrogens with zero attached hydrogens (tertiary/aromatic N) is 3. The Morgan fingerprint density at radius 3 is 2.07 bits per heavy atom. The Labute approximate surface area is 170 Å². The highest BCUT2D eigenvalue weighted by Crippen LogP contribution is 2.18. The minimum absolute atomic E-state index is 0.403. The summed E-state index contributed by atoms with van der Waals surface area (Å²) in [5.74, 6) is 0. The lowest BCUT2D eigenvalue weighted by atomic mass is 10.2. The van der Waals surface area contributed by atoms with Gasteiger partial charge in [-0.05, 0) is 62.5 Å². The molecule has 27 heavy (non-hydrogen) atoms. The van der Waals surface area contributed by atoms with Gasteiger partial charge in [-0.3, -0.25) is 10.9 Å². The van der Waals surface area contributed by atoms with Gasteiger partial charge in [0.2, 0.25) is 0 Å². The number of rotatable bonds is 5. The van der Waals surface area contributed by atoms with E-state index in [1.807, 2.05) is 26.0 Å². The van der Waals surface area contributed by atoms with Gasteiger partial charge in [-0.2, -0.15) is 10.2 Å². The van der Waals surface area contributed by atoms with Crippen LogP contribution in [-0.2, 0) is 4.74 Å². The number of benzene rings is 1. The average Bonchev–Trinajstić information content (AvgIpc) is 2.71. The Morgan fingerprint density at radius 2 is 1.52 bits per heavy atom. The van der Waals surface area contributed by atoms with Crippen LogP contribution in [0.2, 0.25) is 0 Å². The summed E-state index contributed by atoms with van der Waals surface area (Å²) in [6, 6.07) is 8.12. The van der Waals surface area contributed by atoms with Crippen LogP contribution in [-0.4, -0.2) is 55.0 Å². The fourth-order valence-electron chi connectivity index (χ4n) is 2.22. The third-order valence-corrected chi connectivity index (χ3v) is 4.39. The number of hydrogen-bond acceptors (Lipinski definition) is 6. The molecule has 1 aromatic rings. The number of anilines is 2. The van der Waals surface area contributed by atoms with Crippen LogP contribution in [0.25, 0.3) is 0 Å². The molecule has 0 bridgehead atoms. The summed E-state index contributed by atoms with van der Waals surface area (Å²) in [5, 5.41) is 15.1. The summed E-state index contributed by atoms with van der Waals surface area (Å²) in [6.45, 7) is 7.02. The van der Waals surface area contributed by atoms with Crippen LogP contribution in [0.3, 0.4) is 0 Å². The quantitative estimate of drug-likeness (QED) is 0.333. The topological polar surface area (TPSA) is 85.3 Å². The molecule has 10 heteroatoms. The number of ether oxygens (including phenoxy) is 1. The van der Waals surface area contributed by atoms with Crippen LogP contribution >= 0.6 is 24.4 Å². The second-order valence-electron chi connectivity index (χ2n) is 5.80. The monoisotopic (exact) mass is 407 g/mol. The zero-order chi connectivity index (χ0) is 19.6. The van der Waals surface area contributed by atoms with Crippen LogP contribution in [0.4, 0.5) is 11.4 Å². The van der Waals surface area contributed by atoms with Gasteiger partial charge in [-0.1, -0.05) is 0 Å². The molecule has 0 saturated carbocycles. The molecule has 0 radical (unpaired) electrons. The Hall–Kier alpha value is -2.30. The van der Waals surface area contributed by atoms with Gasteiger partial charge in [-0.15, -0.1) is 0 Å². The van der Waals surface area contributed by atoms with E-state index in [2.05, 4.69) is 48.7 Å². The van der Waals surface area contributed by atoms with Gasteiger partial charge in [0.15, 0.2) is 10.2 Å². The van der Waals surface area contributed by atoms with E-state index in [1.54, 1.807) is 7.05 Å². The first-order valence-corrected chi connectivity index (χ1v) is 9.37. The highest BCUT2D eigenvalue weighted by molar-refractivity contribution is 7.80. The fraction of sp³-hybridized carbons (Fsp3) is 0.412. The molecule has 1 fully saturated rings. The number of morpholine rings is 1. The van der Waals surface area contributed by atoms with Crippen molar-refractivity contribution < 1.29 is 4.74 Å². The average molecular weight is 408 g/mol. The molecule has 8 nitrogen and oxygen atoms in total. The Kier molecular flexibility index (Phi) is 8.37. The van der Waals surface area contributed by atoms with Gasteiger partial charge in [0.05, 0.1) is 24.6 Å². The van der Waals surface area contributed by atoms with Gasteiger partial charge >= 0.3 is 0 Å². The van der Waals surface area contributed by atoms with Crippen LogP contribution in [0.1, 0.15) is 13.8 Å². The lowest BCUT2D eigenvalue weighted by molar-refractivity contribution is 0.122. The van der Waals surface area contributed by atoms with Gasteiger partial charge in [0.25, 0.3) is 0 Å². The number of nitrogens with one attached hydrogen (secondary N) is 4. The van der Waals surface area contributed by atoms with E-state index in [0.29, 0.717) is 21.6 Å². The molecule has 0 aromatic heterocycles. The molecular weight excluding hydrogens is 382 g/mol. The summed E-state index contributed by atoms with van der Waals surface area (Å²) in [7, 11) is 1.72. The van der Waals surface area contributed by atoms with Crippen molar-refractivity contribution in [1.29, 1.82) is 0 Å². The molecular formula is C17H25N7OS2. The van der Waals surface area contributed by atoms with Crippen molar-refractivity contribution in [2.45, 2.75) is 13.8 Å². The highest BCUT2D eigenvalue weighted by atomic mass is 32.1. The van der Waals surface area contributed by atoms with Crippen LogP contribution in [0, 0.1) is 0 Å². The van der Waals surface area contributed by atoms with Crippen molar-refractivity contribution in [3.8, 4) is 0 Å². The standard InChI is InChI=1S/C17H25N7OS2/c1-12(20-22-16(26)18-3)13(2)21-23-17(27)19-14-4-6-15(7-5-14)24-8-10-25-11-9-24/h4-7H,8-11H2,1-3H3,(H2,18,22,26)(H2,19,23,27)/b20-12+,21-13-. The van der Waals surface area contributed by atoms with Gasteiger partial charge in [0.1, 0.15) is 0 Å². The summed E-state index contributed by atoms with van der Waals surface area (Å²) in [5.41, 5.74) is 8.98. The lowest BCUT2D eigenvalue weighted by Crippen LogP contribution is -2.36. The van der Waals surface area contributed by atoms with Crippen molar-refractivity contribution in [2.24, 2.45) is 10.2 Å². The number of hydrogen-bond donors (Lipinski definition) is 4. The Morgan fingerprint density at radius 1 is 0.963 bits per heavy atom. The van der Waals surface area contributed by atoms with Crippen molar-refractivity contribution >= 4 is 57.5 Å². The first-order chi connectivity index (χ1) is 13.0. The van der Waals surface area contributed by atoms with Crippen molar-refractivity contribution in [2.75, 3.05) is 43.6 Å². The molecule has 4 N–H and O–H groups in total. The van der Waals surface area contributed by atoms with Crippen molar-refractivity contribution in [3.05, 3.63) is 24.3 Å². The van der Waals surface area contributed by atoms with Crippen LogP contribution in [0.5, 0.6) is 0 Å². The molecule has 1 saturated heterocycles. The van der Waals surface area contributed by atoms with E-state index >= 15 is 0 Å². The minimum atomic E-state index is 0.403. The third kappa shape index (κ3) is 7.08. The zero-order valence-electron chi connectivity index (χ0n) is 15.7. The smallest absolute Gasteiger partial charge is 0.191 e. The predicted octanol–water partition coefficient (Wildman–Crippen LogP) is 1.66. The third-order valence-electron chi connectivity index (χ3n) is 3.90. The number of thiocarbonyl (C=S) groups is 2. The summed E-state index contributed by atoms with van der Waals surface area (Å²) >= 11 is 10.2. The molecule has 1 aromatic carbocycles. The fourth-order valence-corrected chi connectivity index (χ4v) is 2.43. The van der Waals surface area contributed by atoms with E-state index < -0.39 is 0 Å². The summed E-state index contributed by atoms with van der Waals surface area (Å²) < 4.78 is 5.38. The van der Waals surface area contributed by atoms with Gasteiger partial charge in [-0.25, -0.2) is 0 Å². The first kappa shape index (κ1) is 21.0. The van der Waals surface area contributed by atoms with E-state index in [1.165, 1.54) is 5.69 Å². The zero-order valence-corrected chi connectivity index (χ0v) is 17.3. The molecule has 2 rings (SSSR count). The molecule has 0 spiro atoms. The SMILES string of the molecule is CNC(=S)N/N=C(C)/C(C)=N\NC(=S)Nc1ccc(N2CCOCC2)cc1. The maximum Gasteiger partial charge on any atom is 0.191 e. The molecule has 1 aliphatic heterocycles. The molecule has 0 unspecified atom stereocenters. The van der Waals surface area contributed by atoms with E-state index in [0.717, 1.165) is 32.0 Å². The summed E-state index contributed by atoms with van der Waals surface area (Å²) in [4.78, 5) is 2.30. The molecule has 1 heterocycles. The lowest BCUT2D eigenvalue weighted by Gasteiger charge is -2.28. The molecule has 0 aliphatic carbocycles. The van der Waals surface area contributed by atoms with Crippen molar-refractivity contribution in [3.63, 3.8) is 0 Å². The van der Waals surface area contributed by atoms with Crippen LogP contribution < -0.4 is 26.4 Å². The largest absolute Gasteiger partial charge is 0.378 e. The second kappa shape index (κ2) is 10.8. The minimum Gasteiger partial charge on any atom is -0.378 e. The molecule has 1 aliphatic rings. The van der Waals surface area contributed by atoms with Gasteiger partial charge < -0.3 is 20.3 Å².